The molecule has 1 aliphatic rings. The number of amides is 1. The van der Waals surface area contributed by atoms with Gasteiger partial charge in [-0.2, -0.15) is 0 Å². The summed E-state index contributed by atoms with van der Waals surface area (Å²) in [6.07, 6.45) is 3.65. The van der Waals surface area contributed by atoms with Crippen LogP contribution in [0.3, 0.4) is 0 Å². The van der Waals surface area contributed by atoms with E-state index in [2.05, 4.69) is 25.2 Å². The van der Waals surface area contributed by atoms with Gasteiger partial charge in [-0.25, -0.2) is 15.0 Å². The van der Waals surface area contributed by atoms with Crippen LogP contribution < -0.4 is 10.2 Å². The topological polar surface area (TPSA) is 71.0 Å². The van der Waals surface area contributed by atoms with Crippen molar-refractivity contribution in [2.45, 2.75) is 46.6 Å². The molecule has 0 atom stereocenters. The smallest absolute Gasteiger partial charge is 0.263 e. The van der Waals surface area contributed by atoms with Gasteiger partial charge in [-0.15, -0.1) is 11.3 Å². The Morgan fingerprint density at radius 2 is 1.92 bits per heavy atom. The van der Waals surface area contributed by atoms with Crippen LogP contribution in [0, 0.1) is 20.8 Å². The summed E-state index contributed by atoms with van der Waals surface area (Å²) < 4.78 is 0. The average molecular weight is 345 g/mol. The van der Waals surface area contributed by atoms with E-state index in [9.17, 15) is 4.79 Å². The molecule has 7 heteroatoms. The monoisotopic (exact) mass is 345 g/mol. The van der Waals surface area contributed by atoms with Gasteiger partial charge in [0.2, 0.25) is 5.95 Å². The number of carbonyl (C=O) groups is 1. The van der Waals surface area contributed by atoms with Crippen LogP contribution in [0.25, 0.3) is 0 Å². The summed E-state index contributed by atoms with van der Waals surface area (Å²) in [6.45, 7) is 8.16. The number of nitrogens with zero attached hydrogens (tertiary/aromatic N) is 4. The van der Waals surface area contributed by atoms with Gasteiger partial charge in [0.15, 0.2) is 0 Å². The molecule has 6 nitrogen and oxygen atoms in total. The van der Waals surface area contributed by atoms with Crippen LogP contribution in [0.2, 0.25) is 0 Å². The Morgan fingerprint density at radius 1 is 1.17 bits per heavy atom. The minimum absolute atomic E-state index is 0.0890. The van der Waals surface area contributed by atoms with Crippen LogP contribution in [0.5, 0.6) is 0 Å². The van der Waals surface area contributed by atoms with Gasteiger partial charge < -0.3 is 10.2 Å². The van der Waals surface area contributed by atoms with Crippen LogP contribution in [0.15, 0.2) is 6.07 Å². The fourth-order valence-corrected chi connectivity index (χ4v) is 3.77. The molecule has 1 aliphatic heterocycles. The molecule has 1 fully saturated rings. The quantitative estimate of drug-likeness (QED) is 0.922. The number of thiazole rings is 1. The minimum atomic E-state index is -0.0890. The lowest BCUT2D eigenvalue weighted by Gasteiger charge is -2.27. The zero-order valence-electron chi connectivity index (χ0n) is 14.4. The third kappa shape index (κ3) is 3.90. The van der Waals surface area contributed by atoms with Crippen molar-refractivity contribution in [3.63, 3.8) is 0 Å². The van der Waals surface area contributed by atoms with E-state index in [4.69, 9.17) is 0 Å². The van der Waals surface area contributed by atoms with Gasteiger partial charge in [0, 0.05) is 18.8 Å². The Labute approximate surface area is 146 Å². The van der Waals surface area contributed by atoms with Crippen molar-refractivity contribution >= 4 is 23.2 Å². The van der Waals surface area contributed by atoms with Crippen LogP contribution >= 0.6 is 11.3 Å². The normalized spacial score (nSPS) is 14.7. The van der Waals surface area contributed by atoms with E-state index >= 15 is 0 Å². The predicted molar refractivity (Wildman–Crippen MR) is 95.6 cm³/mol. The van der Waals surface area contributed by atoms with E-state index in [0.29, 0.717) is 11.4 Å². The summed E-state index contributed by atoms with van der Waals surface area (Å²) in [5, 5.41) is 3.85. The highest BCUT2D eigenvalue weighted by Gasteiger charge is 2.16. The summed E-state index contributed by atoms with van der Waals surface area (Å²) in [4.78, 5) is 28.7. The Morgan fingerprint density at radius 3 is 2.58 bits per heavy atom. The number of piperidine rings is 1. The highest BCUT2D eigenvalue weighted by Crippen LogP contribution is 2.18. The molecular formula is C17H23N5OS. The van der Waals surface area contributed by atoms with Gasteiger partial charge in [-0.1, -0.05) is 0 Å². The molecule has 3 rings (SSSR count). The number of hydrogen-bond donors (Lipinski definition) is 1. The van der Waals surface area contributed by atoms with Gasteiger partial charge >= 0.3 is 0 Å². The number of carbonyl (C=O) groups excluding carboxylic acids is 1. The second kappa shape index (κ2) is 7.25. The number of aromatic nitrogens is 3. The molecular weight excluding hydrogens is 322 g/mol. The lowest BCUT2D eigenvalue weighted by Crippen LogP contribution is -2.31. The van der Waals surface area contributed by atoms with E-state index < -0.39 is 0 Å². The molecule has 0 radical (unpaired) electrons. The summed E-state index contributed by atoms with van der Waals surface area (Å²) in [6, 6.07) is 1.93. The maximum Gasteiger partial charge on any atom is 0.263 e. The second-order valence-electron chi connectivity index (χ2n) is 6.18. The standard InChI is InChI=1S/C17H23N5OS/c1-11-9-14(21-17(19-11)22-7-5-4-6-8-22)10-18-16(23)15-12(2)20-13(3)24-15/h9H,4-8,10H2,1-3H3,(H,18,23). The summed E-state index contributed by atoms with van der Waals surface area (Å²) >= 11 is 1.42. The first kappa shape index (κ1) is 16.8. The number of nitrogens with one attached hydrogen (secondary N) is 1. The third-order valence-corrected chi connectivity index (χ3v) is 5.15. The Bertz CT molecular complexity index is 737. The molecule has 0 spiro atoms. The van der Waals surface area contributed by atoms with Gasteiger partial charge in [0.1, 0.15) is 4.88 Å². The highest BCUT2D eigenvalue weighted by atomic mass is 32.1. The minimum Gasteiger partial charge on any atom is -0.346 e. The summed E-state index contributed by atoms with van der Waals surface area (Å²) in [5.41, 5.74) is 2.55. The molecule has 0 aromatic carbocycles. The Hall–Kier alpha value is -2.02. The molecule has 0 unspecified atom stereocenters. The zero-order chi connectivity index (χ0) is 17.1. The molecule has 128 valence electrons. The zero-order valence-corrected chi connectivity index (χ0v) is 15.2. The second-order valence-corrected chi connectivity index (χ2v) is 7.38. The van der Waals surface area contributed by atoms with Crippen molar-refractivity contribution in [3.05, 3.63) is 33.0 Å². The molecule has 3 heterocycles. The van der Waals surface area contributed by atoms with Gasteiger partial charge in [0.05, 0.1) is 22.9 Å². The van der Waals surface area contributed by atoms with Crippen molar-refractivity contribution in [1.82, 2.24) is 20.3 Å². The first-order valence-electron chi connectivity index (χ1n) is 8.34. The predicted octanol–water partition coefficient (Wildman–Crippen LogP) is 2.78. The van der Waals surface area contributed by atoms with E-state index in [1.165, 1.54) is 30.6 Å². The van der Waals surface area contributed by atoms with Crippen molar-refractivity contribution in [2.75, 3.05) is 18.0 Å². The summed E-state index contributed by atoms with van der Waals surface area (Å²) in [5.74, 6) is 0.692. The fraction of sp³-hybridized carbons (Fsp3) is 0.529. The SMILES string of the molecule is Cc1cc(CNC(=O)c2sc(C)nc2C)nc(N2CCCCC2)n1. The van der Waals surface area contributed by atoms with Crippen LogP contribution in [0.4, 0.5) is 5.95 Å². The first-order valence-corrected chi connectivity index (χ1v) is 9.16. The lowest BCUT2D eigenvalue weighted by atomic mass is 10.1. The third-order valence-electron chi connectivity index (χ3n) is 4.07. The molecule has 1 N–H and O–H groups in total. The maximum absolute atomic E-state index is 12.3. The largest absolute Gasteiger partial charge is 0.346 e. The molecule has 24 heavy (non-hydrogen) atoms. The van der Waals surface area contributed by atoms with E-state index in [0.717, 1.165) is 41.1 Å². The average Bonchev–Trinajstić information content (AvgIpc) is 2.91. The van der Waals surface area contributed by atoms with Crippen LogP contribution in [-0.4, -0.2) is 33.9 Å². The number of rotatable bonds is 4. The molecule has 1 saturated heterocycles. The molecule has 2 aromatic rings. The van der Waals surface area contributed by atoms with Crippen LogP contribution in [0.1, 0.15) is 51.0 Å². The fourth-order valence-electron chi connectivity index (χ4n) is 2.94. The van der Waals surface area contributed by atoms with E-state index in [1.54, 1.807) is 0 Å². The van der Waals surface area contributed by atoms with E-state index in [1.807, 2.05) is 26.8 Å². The van der Waals surface area contributed by atoms with Crippen LogP contribution in [-0.2, 0) is 6.54 Å². The molecule has 2 aromatic heterocycles. The maximum atomic E-state index is 12.3. The van der Waals surface area contributed by atoms with Crippen molar-refractivity contribution in [3.8, 4) is 0 Å². The highest BCUT2D eigenvalue weighted by molar-refractivity contribution is 7.13. The van der Waals surface area contributed by atoms with Gasteiger partial charge in [-0.3, -0.25) is 4.79 Å². The molecule has 0 bridgehead atoms. The Balaban J connectivity index is 1.69. The van der Waals surface area contributed by atoms with Crippen molar-refractivity contribution in [1.29, 1.82) is 0 Å². The molecule has 1 amide bonds. The van der Waals surface area contributed by atoms with Gasteiger partial charge in [-0.05, 0) is 46.1 Å². The molecule has 0 aliphatic carbocycles. The lowest BCUT2D eigenvalue weighted by molar-refractivity contribution is 0.0953. The number of hydrogen-bond acceptors (Lipinski definition) is 6. The summed E-state index contributed by atoms with van der Waals surface area (Å²) in [7, 11) is 0. The van der Waals surface area contributed by atoms with Crippen molar-refractivity contribution < 1.29 is 4.79 Å². The number of aryl methyl sites for hydroxylation is 3. The van der Waals surface area contributed by atoms with E-state index in [-0.39, 0.29) is 5.91 Å². The molecule has 0 saturated carbocycles. The van der Waals surface area contributed by atoms with Crippen molar-refractivity contribution in [2.24, 2.45) is 0 Å². The van der Waals surface area contributed by atoms with Gasteiger partial charge in [0.25, 0.3) is 5.91 Å². The number of anilines is 1. The Kier molecular flexibility index (Phi) is 5.08. The first-order chi connectivity index (χ1) is 11.5.